The van der Waals surface area contributed by atoms with Gasteiger partial charge in [-0.05, 0) is 29.8 Å². The first-order chi connectivity index (χ1) is 8.74. The second-order valence-electron chi connectivity index (χ2n) is 3.69. The summed E-state index contributed by atoms with van der Waals surface area (Å²) in [5.74, 6) is -0.103. The maximum atomic E-state index is 11.6. The molecular formula is C14H12O3S. The molecule has 1 N–H and O–H groups in total. The van der Waals surface area contributed by atoms with Crippen molar-refractivity contribution in [2.45, 2.75) is 11.3 Å². The Morgan fingerprint density at radius 3 is 2.39 bits per heavy atom. The fraction of sp³-hybridized carbons (Fsp3) is 0.0714. The van der Waals surface area contributed by atoms with Crippen LogP contribution in [0.2, 0.25) is 0 Å². The Morgan fingerprint density at radius 1 is 1.06 bits per heavy atom. The van der Waals surface area contributed by atoms with Crippen LogP contribution in [0.5, 0.6) is 5.75 Å². The molecule has 0 spiro atoms. The van der Waals surface area contributed by atoms with Crippen LogP contribution in [0.1, 0.15) is 5.56 Å². The molecule has 0 heterocycles. The fourth-order valence-electron chi connectivity index (χ4n) is 1.39. The number of phenolic OH excluding ortho intramolecular Hbond substituents is 1. The topological polar surface area (TPSA) is 46.5 Å². The predicted octanol–water partition coefficient (Wildman–Crippen LogP) is 3.19. The van der Waals surface area contributed by atoms with Crippen LogP contribution < -0.4 is 0 Å². The lowest BCUT2D eigenvalue weighted by Gasteiger charge is -2.03. The number of phenols is 1. The maximum Gasteiger partial charge on any atom is 0.322 e. The third-order valence-corrected chi connectivity index (χ3v) is 2.99. The summed E-state index contributed by atoms with van der Waals surface area (Å²) in [5.41, 5.74) is 0.925. The zero-order valence-electron chi connectivity index (χ0n) is 9.58. The van der Waals surface area contributed by atoms with Crippen LogP contribution in [0.15, 0.2) is 59.5 Å². The number of carbonyl (C=O) groups excluding carboxylic acids is 1. The highest BCUT2D eigenvalue weighted by Gasteiger charge is 2.06. The molecule has 0 aliphatic rings. The summed E-state index contributed by atoms with van der Waals surface area (Å²) >= 11 is 0.996. The molecule has 18 heavy (non-hydrogen) atoms. The zero-order valence-corrected chi connectivity index (χ0v) is 10.4. The highest BCUT2D eigenvalue weighted by molar-refractivity contribution is 7.95. The molecule has 2 aromatic rings. The van der Waals surface area contributed by atoms with Crippen LogP contribution in [-0.2, 0) is 15.4 Å². The van der Waals surface area contributed by atoms with E-state index >= 15 is 0 Å². The van der Waals surface area contributed by atoms with Gasteiger partial charge in [0.05, 0.1) is 18.5 Å². The van der Waals surface area contributed by atoms with Crippen molar-refractivity contribution in [1.82, 2.24) is 0 Å². The SMILES string of the molecule is O=C(Cc1ccccc1)OSc1ccc(O)cc1. The molecule has 0 aliphatic carbocycles. The van der Waals surface area contributed by atoms with E-state index in [2.05, 4.69) is 0 Å². The van der Waals surface area contributed by atoms with Crippen molar-refractivity contribution in [2.75, 3.05) is 0 Å². The average Bonchev–Trinajstić information content (AvgIpc) is 2.39. The number of benzene rings is 2. The molecule has 4 heteroatoms. The molecular weight excluding hydrogens is 248 g/mol. The van der Waals surface area contributed by atoms with Gasteiger partial charge in [0.2, 0.25) is 0 Å². The number of hydrogen-bond donors (Lipinski definition) is 1. The first kappa shape index (κ1) is 12.5. The van der Waals surface area contributed by atoms with E-state index in [1.165, 1.54) is 0 Å². The van der Waals surface area contributed by atoms with E-state index < -0.39 is 0 Å². The molecule has 0 fully saturated rings. The normalized spacial score (nSPS) is 10.0. The largest absolute Gasteiger partial charge is 0.508 e. The molecule has 0 bridgehead atoms. The third-order valence-electron chi connectivity index (χ3n) is 2.26. The van der Waals surface area contributed by atoms with E-state index in [1.807, 2.05) is 30.3 Å². The van der Waals surface area contributed by atoms with Gasteiger partial charge in [0.1, 0.15) is 5.75 Å². The van der Waals surface area contributed by atoms with Crippen LogP contribution in [0.3, 0.4) is 0 Å². The van der Waals surface area contributed by atoms with Gasteiger partial charge in [-0.2, -0.15) is 0 Å². The standard InChI is InChI=1S/C14H12O3S/c15-12-6-8-13(9-7-12)18-17-14(16)10-11-4-2-1-3-5-11/h1-9,15H,10H2. The highest BCUT2D eigenvalue weighted by Crippen LogP contribution is 2.22. The number of aromatic hydroxyl groups is 1. The minimum absolute atomic E-state index is 0.190. The summed E-state index contributed by atoms with van der Waals surface area (Å²) in [6.45, 7) is 0. The molecule has 0 radical (unpaired) electrons. The van der Waals surface area contributed by atoms with Gasteiger partial charge < -0.3 is 9.29 Å². The van der Waals surface area contributed by atoms with Gasteiger partial charge in [-0.15, -0.1) is 0 Å². The predicted molar refractivity (Wildman–Crippen MR) is 70.2 cm³/mol. The molecule has 0 atom stereocenters. The van der Waals surface area contributed by atoms with Gasteiger partial charge in [-0.3, -0.25) is 4.79 Å². The van der Waals surface area contributed by atoms with Crippen molar-refractivity contribution in [3.05, 3.63) is 60.2 Å². The van der Waals surface area contributed by atoms with E-state index in [1.54, 1.807) is 24.3 Å². The van der Waals surface area contributed by atoms with Crippen LogP contribution >= 0.6 is 12.0 Å². The Bertz CT molecular complexity index is 508. The summed E-state index contributed by atoms with van der Waals surface area (Å²) in [7, 11) is 0. The Labute approximate surface area is 110 Å². The quantitative estimate of drug-likeness (QED) is 0.858. The molecule has 0 aliphatic heterocycles. The lowest BCUT2D eigenvalue weighted by Crippen LogP contribution is -2.02. The van der Waals surface area contributed by atoms with Crippen molar-refractivity contribution < 1.29 is 14.1 Å². The molecule has 92 valence electrons. The van der Waals surface area contributed by atoms with Gasteiger partial charge in [0.15, 0.2) is 0 Å². The molecule has 0 amide bonds. The number of carbonyl (C=O) groups is 1. The lowest BCUT2D eigenvalue weighted by atomic mass is 10.2. The van der Waals surface area contributed by atoms with Crippen LogP contribution in [-0.4, -0.2) is 11.1 Å². The van der Waals surface area contributed by atoms with E-state index in [0.717, 1.165) is 22.5 Å². The van der Waals surface area contributed by atoms with Crippen molar-refractivity contribution >= 4 is 18.0 Å². The molecule has 2 rings (SSSR count). The Morgan fingerprint density at radius 2 is 1.72 bits per heavy atom. The molecule has 2 aromatic carbocycles. The van der Waals surface area contributed by atoms with E-state index in [4.69, 9.17) is 9.29 Å². The van der Waals surface area contributed by atoms with Crippen molar-refractivity contribution in [2.24, 2.45) is 0 Å². The lowest BCUT2D eigenvalue weighted by molar-refractivity contribution is -0.132. The van der Waals surface area contributed by atoms with E-state index in [9.17, 15) is 4.79 Å². The summed E-state index contributed by atoms with van der Waals surface area (Å²) in [4.78, 5) is 12.3. The highest BCUT2D eigenvalue weighted by atomic mass is 32.2. The van der Waals surface area contributed by atoms with Crippen LogP contribution in [0, 0.1) is 0 Å². The Balaban J connectivity index is 1.83. The van der Waals surface area contributed by atoms with Crippen molar-refractivity contribution in [3.8, 4) is 5.75 Å². The second-order valence-corrected chi connectivity index (χ2v) is 4.50. The Hall–Kier alpha value is -1.94. The third kappa shape index (κ3) is 3.82. The smallest absolute Gasteiger partial charge is 0.322 e. The number of hydrogen-bond acceptors (Lipinski definition) is 4. The first-order valence-electron chi connectivity index (χ1n) is 5.44. The Kier molecular flexibility index (Phi) is 4.25. The summed E-state index contributed by atoms with van der Waals surface area (Å²) < 4.78 is 5.07. The van der Waals surface area contributed by atoms with E-state index in [-0.39, 0.29) is 18.1 Å². The minimum Gasteiger partial charge on any atom is -0.508 e. The van der Waals surface area contributed by atoms with E-state index in [0.29, 0.717) is 0 Å². The summed E-state index contributed by atoms with van der Waals surface area (Å²) in [6.07, 6.45) is 0.256. The van der Waals surface area contributed by atoms with Gasteiger partial charge in [0, 0.05) is 4.90 Å². The van der Waals surface area contributed by atoms with Gasteiger partial charge >= 0.3 is 5.97 Å². The van der Waals surface area contributed by atoms with Crippen molar-refractivity contribution in [1.29, 1.82) is 0 Å². The second kappa shape index (κ2) is 6.12. The molecule has 0 unspecified atom stereocenters. The fourth-order valence-corrected chi connectivity index (χ4v) is 1.88. The first-order valence-corrected chi connectivity index (χ1v) is 6.18. The van der Waals surface area contributed by atoms with Crippen molar-refractivity contribution in [3.63, 3.8) is 0 Å². The maximum absolute atomic E-state index is 11.6. The zero-order chi connectivity index (χ0) is 12.8. The van der Waals surface area contributed by atoms with Gasteiger partial charge in [0.25, 0.3) is 0 Å². The van der Waals surface area contributed by atoms with Crippen LogP contribution in [0.25, 0.3) is 0 Å². The average molecular weight is 260 g/mol. The molecule has 3 nitrogen and oxygen atoms in total. The van der Waals surface area contributed by atoms with Gasteiger partial charge in [-0.25, -0.2) is 0 Å². The minimum atomic E-state index is -0.292. The summed E-state index contributed by atoms with van der Waals surface area (Å²) in [6, 6.07) is 15.9. The monoisotopic (exact) mass is 260 g/mol. The van der Waals surface area contributed by atoms with Gasteiger partial charge in [-0.1, -0.05) is 30.3 Å². The molecule has 0 aromatic heterocycles. The molecule has 0 saturated carbocycles. The van der Waals surface area contributed by atoms with Crippen LogP contribution in [0.4, 0.5) is 0 Å². The summed E-state index contributed by atoms with van der Waals surface area (Å²) in [5, 5.41) is 9.11. The number of rotatable bonds is 4. The molecule has 0 saturated heterocycles.